The normalized spacial score (nSPS) is 10.9. The van der Waals surface area contributed by atoms with Crippen molar-refractivity contribution >= 4 is 11.6 Å². The van der Waals surface area contributed by atoms with E-state index in [0.29, 0.717) is 12.5 Å². The largest absolute Gasteiger partial charge is 0.370 e. The molecule has 0 aliphatic heterocycles. The zero-order valence-corrected chi connectivity index (χ0v) is 11.2. The maximum atomic E-state index is 8.49. The number of anilines is 1. The van der Waals surface area contributed by atoms with E-state index in [1.165, 1.54) is 0 Å². The van der Waals surface area contributed by atoms with Crippen LogP contribution in [0.2, 0.25) is 0 Å². The van der Waals surface area contributed by atoms with Crippen molar-refractivity contribution in [2.45, 2.75) is 13.8 Å². The van der Waals surface area contributed by atoms with Gasteiger partial charge in [0.25, 0.3) is 0 Å². The molecule has 0 aliphatic carbocycles. The lowest BCUT2D eigenvalue weighted by atomic mass is 10.3. The van der Waals surface area contributed by atoms with Gasteiger partial charge in [-0.2, -0.15) is 10.4 Å². The van der Waals surface area contributed by atoms with Crippen LogP contribution < -0.4 is 15.5 Å². The number of hydrogen-bond acceptors (Lipinski definition) is 4. The predicted molar refractivity (Wildman–Crippen MR) is 71.4 cm³/mol. The van der Waals surface area contributed by atoms with Crippen LogP contribution in [0, 0.1) is 25.3 Å². The lowest BCUT2D eigenvalue weighted by Crippen LogP contribution is -2.39. The summed E-state index contributed by atoms with van der Waals surface area (Å²) in [6.07, 6.45) is 1.83. The van der Waals surface area contributed by atoms with Crippen molar-refractivity contribution in [3.63, 3.8) is 0 Å². The third-order valence-electron chi connectivity index (χ3n) is 2.61. The Morgan fingerprint density at radius 1 is 1.56 bits per heavy atom. The highest BCUT2D eigenvalue weighted by Gasteiger charge is 2.10. The van der Waals surface area contributed by atoms with Crippen LogP contribution in [0.25, 0.3) is 0 Å². The second-order valence-corrected chi connectivity index (χ2v) is 3.94. The number of hydrogen-bond donors (Lipinski definition) is 3. The molecule has 0 unspecified atom stereocenters. The maximum absolute atomic E-state index is 8.49. The van der Waals surface area contributed by atoms with Crippen LogP contribution in [0.4, 0.5) is 5.69 Å². The number of aromatic amines is 1. The van der Waals surface area contributed by atoms with Gasteiger partial charge in [-0.05, 0) is 13.8 Å². The molecule has 98 valence electrons. The minimum Gasteiger partial charge on any atom is -0.370 e. The summed E-state index contributed by atoms with van der Waals surface area (Å²) in [4.78, 5) is 6.02. The molecule has 18 heavy (non-hydrogen) atoms. The smallest absolute Gasteiger partial charge is 0.204 e. The van der Waals surface area contributed by atoms with Crippen molar-refractivity contribution in [3.05, 3.63) is 11.4 Å². The van der Waals surface area contributed by atoms with Crippen LogP contribution in [0.15, 0.2) is 4.99 Å². The Hall–Kier alpha value is -2.23. The van der Waals surface area contributed by atoms with E-state index in [0.717, 1.165) is 23.6 Å². The fourth-order valence-corrected chi connectivity index (χ4v) is 1.79. The zero-order chi connectivity index (χ0) is 13.5. The second kappa shape index (κ2) is 6.49. The molecule has 1 heterocycles. The highest BCUT2D eigenvalue weighted by molar-refractivity contribution is 5.80. The first-order valence-corrected chi connectivity index (χ1v) is 5.68. The van der Waals surface area contributed by atoms with Crippen LogP contribution >= 0.6 is 0 Å². The molecule has 3 N–H and O–H groups in total. The number of aromatic nitrogens is 2. The molecule has 0 saturated carbocycles. The highest BCUT2D eigenvalue weighted by atomic mass is 15.2. The fourth-order valence-electron chi connectivity index (χ4n) is 1.79. The van der Waals surface area contributed by atoms with E-state index in [-0.39, 0.29) is 0 Å². The van der Waals surface area contributed by atoms with Crippen LogP contribution in [0.5, 0.6) is 0 Å². The maximum Gasteiger partial charge on any atom is 0.204 e. The number of aliphatic imine (C=N–C) groups is 1. The summed E-state index contributed by atoms with van der Waals surface area (Å²) in [5.41, 5.74) is 3.14. The van der Waals surface area contributed by atoms with Crippen LogP contribution in [0.1, 0.15) is 11.4 Å². The highest BCUT2D eigenvalue weighted by Crippen LogP contribution is 2.19. The van der Waals surface area contributed by atoms with Crippen molar-refractivity contribution in [2.75, 3.05) is 32.1 Å². The minimum atomic E-state index is 0.478. The molecule has 1 aromatic heterocycles. The Bertz CT molecular complexity index is 435. The molecule has 0 aromatic carbocycles. The number of likely N-dealkylation sites (N-methyl/N-ethyl adjacent to an activating group) is 1. The van der Waals surface area contributed by atoms with E-state index >= 15 is 0 Å². The van der Waals surface area contributed by atoms with E-state index in [9.17, 15) is 0 Å². The zero-order valence-electron chi connectivity index (χ0n) is 11.2. The first kappa shape index (κ1) is 13.8. The standard InChI is InChI=1S/C11H19N7/c1-8-10(9(2)17-16-8)18(4)6-5-14-11(13-3)15-7-12/h5-6H2,1-4H3,(H,16,17)(H2,13,14,15). The van der Waals surface area contributed by atoms with E-state index in [1.807, 2.05) is 27.1 Å². The van der Waals surface area contributed by atoms with Crippen molar-refractivity contribution in [2.24, 2.45) is 4.99 Å². The summed E-state index contributed by atoms with van der Waals surface area (Å²) >= 11 is 0. The molecule has 1 aromatic rings. The molecule has 0 fully saturated rings. The third kappa shape index (κ3) is 3.38. The van der Waals surface area contributed by atoms with Gasteiger partial charge in [-0.25, -0.2) is 0 Å². The predicted octanol–water partition coefficient (Wildman–Crippen LogP) is 0.109. The number of nitrogens with one attached hydrogen (secondary N) is 3. The van der Waals surface area contributed by atoms with Crippen LogP contribution in [0.3, 0.4) is 0 Å². The third-order valence-corrected chi connectivity index (χ3v) is 2.61. The Morgan fingerprint density at radius 2 is 2.28 bits per heavy atom. The summed E-state index contributed by atoms with van der Waals surface area (Å²) in [5, 5.41) is 21.1. The summed E-state index contributed by atoms with van der Waals surface area (Å²) in [7, 11) is 3.63. The van der Waals surface area contributed by atoms with Gasteiger partial charge in [-0.3, -0.25) is 15.4 Å². The Balaban J connectivity index is 2.48. The molecule has 0 radical (unpaired) electrons. The fraction of sp³-hybridized carbons (Fsp3) is 0.545. The Morgan fingerprint density at radius 3 is 2.78 bits per heavy atom. The molecule has 0 amide bonds. The van der Waals surface area contributed by atoms with Crippen molar-refractivity contribution in [3.8, 4) is 6.19 Å². The van der Waals surface area contributed by atoms with Gasteiger partial charge < -0.3 is 10.2 Å². The first-order valence-electron chi connectivity index (χ1n) is 5.68. The molecule has 0 spiro atoms. The number of aryl methyl sites for hydroxylation is 2. The van der Waals surface area contributed by atoms with Gasteiger partial charge in [0.1, 0.15) is 0 Å². The molecular formula is C11H19N7. The average molecular weight is 249 g/mol. The molecule has 0 saturated heterocycles. The molecule has 0 atom stereocenters. The molecule has 7 heteroatoms. The van der Waals surface area contributed by atoms with Crippen molar-refractivity contribution in [1.82, 2.24) is 20.8 Å². The monoisotopic (exact) mass is 249 g/mol. The summed E-state index contributed by atoms with van der Waals surface area (Å²) in [6.45, 7) is 5.43. The SMILES string of the molecule is CN=C(NC#N)NCCN(C)c1c(C)n[nH]c1C. The van der Waals surface area contributed by atoms with Crippen molar-refractivity contribution in [1.29, 1.82) is 5.26 Å². The number of H-pyrrole nitrogens is 1. The number of guanidine groups is 1. The molecule has 1 rings (SSSR count). The van der Waals surface area contributed by atoms with Gasteiger partial charge in [-0.15, -0.1) is 0 Å². The molecule has 0 bridgehead atoms. The quantitative estimate of drug-likeness (QED) is 0.305. The lowest BCUT2D eigenvalue weighted by molar-refractivity contribution is 0.805. The summed E-state index contributed by atoms with van der Waals surface area (Å²) < 4.78 is 0. The molecule has 7 nitrogen and oxygen atoms in total. The Labute approximate surface area is 107 Å². The van der Waals surface area contributed by atoms with E-state index in [4.69, 9.17) is 5.26 Å². The van der Waals surface area contributed by atoms with E-state index in [1.54, 1.807) is 7.05 Å². The van der Waals surface area contributed by atoms with Gasteiger partial charge in [0.2, 0.25) is 5.96 Å². The van der Waals surface area contributed by atoms with E-state index < -0.39 is 0 Å². The number of nitriles is 1. The van der Waals surface area contributed by atoms with Gasteiger partial charge in [0, 0.05) is 27.2 Å². The van der Waals surface area contributed by atoms with Gasteiger partial charge in [-0.1, -0.05) is 0 Å². The summed E-state index contributed by atoms with van der Waals surface area (Å²) in [5.74, 6) is 0.478. The average Bonchev–Trinajstić information content (AvgIpc) is 2.67. The van der Waals surface area contributed by atoms with E-state index in [2.05, 4.69) is 30.7 Å². The van der Waals surface area contributed by atoms with Gasteiger partial charge in [0.15, 0.2) is 6.19 Å². The summed E-state index contributed by atoms with van der Waals surface area (Å²) in [6, 6.07) is 0. The number of nitrogens with zero attached hydrogens (tertiary/aromatic N) is 4. The number of rotatable bonds is 4. The van der Waals surface area contributed by atoms with Crippen LogP contribution in [-0.4, -0.2) is 43.3 Å². The van der Waals surface area contributed by atoms with Gasteiger partial charge >= 0.3 is 0 Å². The van der Waals surface area contributed by atoms with Crippen molar-refractivity contribution < 1.29 is 0 Å². The first-order chi connectivity index (χ1) is 8.60. The topological polar surface area (TPSA) is 92.1 Å². The van der Waals surface area contributed by atoms with Gasteiger partial charge in [0.05, 0.1) is 17.1 Å². The van der Waals surface area contributed by atoms with Crippen LogP contribution in [-0.2, 0) is 0 Å². The lowest BCUT2D eigenvalue weighted by Gasteiger charge is -2.20. The molecule has 0 aliphatic rings. The molecular weight excluding hydrogens is 230 g/mol. The Kier molecular flexibility index (Phi) is 4.99. The minimum absolute atomic E-state index is 0.478. The second-order valence-electron chi connectivity index (χ2n) is 3.94.